The van der Waals surface area contributed by atoms with Gasteiger partial charge in [-0.1, -0.05) is 6.07 Å². The zero-order valence-electron chi connectivity index (χ0n) is 9.64. The monoisotopic (exact) mass is 258 g/mol. The lowest BCUT2D eigenvalue weighted by Crippen LogP contribution is -1.86. The molecule has 0 unspecified atom stereocenters. The number of halogens is 2. The van der Waals surface area contributed by atoms with Crippen LogP contribution in [0.25, 0.3) is 22.9 Å². The normalized spacial score (nSPS) is 10.6. The molecular weight excluding hydrogens is 250 g/mol. The third kappa shape index (κ3) is 2.33. The Kier molecular flexibility index (Phi) is 2.75. The standard InChI is InChI=1S/C13H8F2N4/c14-9-5-8(6-10(15)7-9)12-17-13(19-18-12)11-3-1-2-4-16-11/h1-7H,(H,17,18,19). The number of nitrogens with zero attached hydrogens (tertiary/aromatic N) is 3. The average Bonchev–Trinajstić information content (AvgIpc) is 2.88. The van der Waals surface area contributed by atoms with E-state index in [0.717, 1.165) is 6.07 Å². The van der Waals surface area contributed by atoms with E-state index in [4.69, 9.17) is 0 Å². The van der Waals surface area contributed by atoms with Crippen molar-refractivity contribution < 1.29 is 8.78 Å². The highest BCUT2D eigenvalue weighted by atomic mass is 19.1. The second-order valence-corrected chi connectivity index (χ2v) is 3.88. The predicted molar refractivity (Wildman–Crippen MR) is 65.0 cm³/mol. The molecule has 1 N–H and O–H groups in total. The van der Waals surface area contributed by atoms with E-state index in [2.05, 4.69) is 20.2 Å². The van der Waals surface area contributed by atoms with Gasteiger partial charge in [0.05, 0.1) is 0 Å². The van der Waals surface area contributed by atoms with Crippen LogP contribution in [-0.4, -0.2) is 20.2 Å². The van der Waals surface area contributed by atoms with E-state index in [1.165, 1.54) is 12.1 Å². The van der Waals surface area contributed by atoms with Crippen LogP contribution < -0.4 is 0 Å². The minimum Gasteiger partial charge on any atom is -0.257 e. The molecule has 0 saturated heterocycles. The van der Waals surface area contributed by atoms with Crippen LogP contribution in [0.2, 0.25) is 0 Å². The summed E-state index contributed by atoms with van der Waals surface area (Å²) in [6, 6.07) is 8.50. The van der Waals surface area contributed by atoms with Crippen LogP contribution in [0.3, 0.4) is 0 Å². The number of H-pyrrole nitrogens is 1. The van der Waals surface area contributed by atoms with Gasteiger partial charge < -0.3 is 0 Å². The molecule has 0 saturated carbocycles. The Labute approximate surface area is 107 Å². The van der Waals surface area contributed by atoms with Crippen molar-refractivity contribution in [2.45, 2.75) is 0 Å². The maximum atomic E-state index is 13.1. The van der Waals surface area contributed by atoms with E-state index in [9.17, 15) is 8.78 Å². The van der Waals surface area contributed by atoms with E-state index in [1.807, 2.05) is 6.07 Å². The van der Waals surface area contributed by atoms with Crippen molar-refractivity contribution in [1.82, 2.24) is 20.2 Å². The van der Waals surface area contributed by atoms with E-state index in [-0.39, 0.29) is 11.4 Å². The fraction of sp³-hybridized carbons (Fsp3) is 0. The lowest BCUT2D eigenvalue weighted by Gasteiger charge is -1.96. The Hall–Kier alpha value is -2.63. The number of pyridine rings is 1. The molecule has 3 aromatic rings. The van der Waals surface area contributed by atoms with Gasteiger partial charge in [0.25, 0.3) is 0 Å². The van der Waals surface area contributed by atoms with Gasteiger partial charge >= 0.3 is 0 Å². The number of hydrogen-bond acceptors (Lipinski definition) is 3. The molecule has 0 spiro atoms. The van der Waals surface area contributed by atoms with Gasteiger partial charge in [-0.15, -0.1) is 0 Å². The van der Waals surface area contributed by atoms with Gasteiger partial charge in [-0.05, 0) is 24.3 Å². The topological polar surface area (TPSA) is 54.5 Å². The number of nitrogens with one attached hydrogen (secondary N) is 1. The Morgan fingerprint density at radius 3 is 2.47 bits per heavy atom. The lowest BCUT2D eigenvalue weighted by atomic mass is 10.2. The molecule has 0 radical (unpaired) electrons. The van der Waals surface area contributed by atoms with Crippen LogP contribution in [0.15, 0.2) is 42.6 Å². The van der Waals surface area contributed by atoms with Crippen molar-refractivity contribution in [3.8, 4) is 22.9 Å². The third-order valence-electron chi connectivity index (χ3n) is 2.51. The molecule has 0 aliphatic carbocycles. The van der Waals surface area contributed by atoms with Crippen LogP contribution in [0, 0.1) is 11.6 Å². The van der Waals surface area contributed by atoms with Crippen LogP contribution in [0.4, 0.5) is 8.78 Å². The lowest BCUT2D eigenvalue weighted by molar-refractivity contribution is 0.584. The van der Waals surface area contributed by atoms with E-state index < -0.39 is 11.6 Å². The van der Waals surface area contributed by atoms with Crippen LogP contribution in [0.1, 0.15) is 0 Å². The largest absolute Gasteiger partial charge is 0.257 e. The summed E-state index contributed by atoms with van der Waals surface area (Å²) < 4.78 is 26.3. The summed E-state index contributed by atoms with van der Waals surface area (Å²) in [5, 5.41) is 6.63. The molecular formula is C13H8F2N4. The fourth-order valence-corrected chi connectivity index (χ4v) is 1.69. The second kappa shape index (κ2) is 4.56. The molecule has 2 aromatic heterocycles. The van der Waals surface area contributed by atoms with Crippen molar-refractivity contribution in [3.63, 3.8) is 0 Å². The first kappa shape index (κ1) is 11.5. The number of benzene rings is 1. The molecule has 94 valence electrons. The molecule has 2 heterocycles. The molecule has 0 atom stereocenters. The number of aromatic amines is 1. The molecule has 6 heteroatoms. The van der Waals surface area contributed by atoms with Crippen molar-refractivity contribution in [3.05, 3.63) is 54.2 Å². The summed E-state index contributed by atoms with van der Waals surface area (Å²) in [5.41, 5.74) is 0.883. The zero-order chi connectivity index (χ0) is 13.2. The Morgan fingerprint density at radius 1 is 1.00 bits per heavy atom. The average molecular weight is 258 g/mol. The van der Waals surface area contributed by atoms with Gasteiger partial charge in [0, 0.05) is 17.8 Å². The molecule has 0 amide bonds. The van der Waals surface area contributed by atoms with Crippen molar-refractivity contribution in [2.24, 2.45) is 0 Å². The fourth-order valence-electron chi connectivity index (χ4n) is 1.69. The van der Waals surface area contributed by atoms with Crippen molar-refractivity contribution >= 4 is 0 Å². The summed E-state index contributed by atoms with van der Waals surface area (Å²) in [7, 11) is 0. The maximum Gasteiger partial charge on any atom is 0.181 e. The Balaban J connectivity index is 2.02. The van der Waals surface area contributed by atoms with Gasteiger partial charge in [-0.2, -0.15) is 5.10 Å². The van der Waals surface area contributed by atoms with E-state index >= 15 is 0 Å². The smallest absolute Gasteiger partial charge is 0.181 e. The van der Waals surface area contributed by atoms with Gasteiger partial charge in [0.1, 0.15) is 17.3 Å². The first-order valence-electron chi connectivity index (χ1n) is 5.52. The zero-order valence-corrected chi connectivity index (χ0v) is 9.64. The molecule has 0 bridgehead atoms. The Morgan fingerprint density at radius 2 is 1.79 bits per heavy atom. The molecule has 0 aliphatic heterocycles. The van der Waals surface area contributed by atoms with Gasteiger partial charge in [-0.3, -0.25) is 10.1 Å². The van der Waals surface area contributed by atoms with Crippen LogP contribution in [0.5, 0.6) is 0 Å². The molecule has 1 aromatic carbocycles. The predicted octanol–water partition coefficient (Wildman–Crippen LogP) is 2.81. The SMILES string of the molecule is Fc1cc(F)cc(-c2n[nH]c(-c3ccccn3)n2)c1. The first-order chi connectivity index (χ1) is 9.22. The van der Waals surface area contributed by atoms with E-state index in [1.54, 1.807) is 18.3 Å². The van der Waals surface area contributed by atoms with Gasteiger partial charge in [0.2, 0.25) is 0 Å². The third-order valence-corrected chi connectivity index (χ3v) is 2.51. The quantitative estimate of drug-likeness (QED) is 0.769. The molecule has 4 nitrogen and oxygen atoms in total. The minimum atomic E-state index is -0.667. The minimum absolute atomic E-state index is 0.221. The summed E-state index contributed by atoms with van der Waals surface area (Å²) in [5.74, 6) is -0.669. The summed E-state index contributed by atoms with van der Waals surface area (Å²) in [4.78, 5) is 8.28. The van der Waals surface area contributed by atoms with Crippen molar-refractivity contribution in [1.29, 1.82) is 0 Å². The maximum absolute atomic E-state index is 13.1. The highest BCUT2D eigenvalue weighted by molar-refractivity contribution is 5.58. The molecule has 0 fully saturated rings. The Bertz CT molecular complexity index is 689. The summed E-state index contributed by atoms with van der Waals surface area (Å²) >= 11 is 0. The highest BCUT2D eigenvalue weighted by Gasteiger charge is 2.10. The number of rotatable bonds is 2. The summed E-state index contributed by atoms with van der Waals surface area (Å²) in [6.45, 7) is 0. The molecule has 3 rings (SSSR count). The van der Waals surface area contributed by atoms with Crippen LogP contribution in [-0.2, 0) is 0 Å². The second-order valence-electron chi connectivity index (χ2n) is 3.88. The summed E-state index contributed by atoms with van der Waals surface area (Å²) in [6.07, 6.45) is 1.62. The van der Waals surface area contributed by atoms with Gasteiger partial charge in [0.15, 0.2) is 11.6 Å². The number of hydrogen-bond donors (Lipinski definition) is 1. The van der Waals surface area contributed by atoms with Crippen molar-refractivity contribution in [2.75, 3.05) is 0 Å². The van der Waals surface area contributed by atoms with Gasteiger partial charge in [-0.25, -0.2) is 13.8 Å². The van der Waals surface area contributed by atoms with Crippen LogP contribution >= 0.6 is 0 Å². The number of aromatic nitrogens is 4. The van der Waals surface area contributed by atoms with E-state index in [0.29, 0.717) is 11.5 Å². The first-order valence-corrected chi connectivity index (χ1v) is 5.52. The highest BCUT2D eigenvalue weighted by Crippen LogP contribution is 2.20. The molecule has 0 aliphatic rings. The molecule has 19 heavy (non-hydrogen) atoms.